The van der Waals surface area contributed by atoms with Gasteiger partial charge in [0.1, 0.15) is 11.5 Å². The lowest BCUT2D eigenvalue weighted by molar-refractivity contribution is 0.105. The van der Waals surface area contributed by atoms with Crippen LogP contribution in [-0.2, 0) is 5.41 Å². The van der Waals surface area contributed by atoms with E-state index < -0.39 is 5.78 Å². The minimum absolute atomic E-state index is 0.0810. The number of carbonyl (C=O) groups is 1. The molecule has 0 saturated carbocycles. The van der Waals surface area contributed by atoms with Crippen LogP contribution >= 0.6 is 0 Å². The minimum atomic E-state index is -0.568. The molecule has 0 aliphatic heterocycles. The molecule has 24 heavy (non-hydrogen) atoms. The molecule has 0 aliphatic rings. The van der Waals surface area contributed by atoms with E-state index in [1.54, 1.807) is 6.07 Å². The number of anilines is 1. The lowest BCUT2D eigenvalue weighted by atomic mass is 9.93. The fourth-order valence-electron chi connectivity index (χ4n) is 1.96. The lowest BCUT2D eigenvalue weighted by Crippen LogP contribution is -2.13. The van der Waals surface area contributed by atoms with Crippen molar-refractivity contribution in [2.24, 2.45) is 5.10 Å². The van der Waals surface area contributed by atoms with E-state index in [0.717, 1.165) is 16.8 Å². The van der Waals surface area contributed by atoms with Crippen molar-refractivity contribution in [3.8, 4) is 0 Å². The maximum atomic E-state index is 12.4. The number of ketones is 1. The van der Waals surface area contributed by atoms with Crippen LogP contribution in [0.4, 0.5) is 5.69 Å². The molecule has 0 unspecified atom stereocenters. The van der Waals surface area contributed by atoms with E-state index in [1.165, 1.54) is 0 Å². The number of nitrogens with one attached hydrogen (secondary N) is 1. The zero-order valence-corrected chi connectivity index (χ0v) is 14.5. The number of carbonyl (C=O) groups excluding carboxylic acids is 1. The van der Waals surface area contributed by atoms with Gasteiger partial charge in [0.2, 0.25) is 5.78 Å². The highest BCUT2D eigenvalue weighted by Gasteiger charge is 2.24. The zero-order valence-electron chi connectivity index (χ0n) is 14.5. The predicted octanol–water partition coefficient (Wildman–Crippen LogP) is 4.12. The van der Waals surface area contributed by atoms with Crippen molar-refractivity contribution in [1.82, 2.24) is 5.16 Å². The van der Waals surface area contributed by atoms with Gasteiger partial charge in [0.15, 0.2) is 0 Å². The molecule has 0 fully saturated rings. The van der Waals surface area contributed by atoms with Crippen molar-refractivity contribution in [1.29, 1.82) is 0 Å². The number of benzene rings is 1. The van der Waals surface area contributed by atoms with E-state index in [0.29, 0.717) is 5.76 Å². The van der Waals surface area contributed by atoms with Crippen LogP contribution in [0.25, 0.3) is 4.85 Å². The molecule has 0 atom stereocenters. The summed E-state index contributed by atoms with van der Waals surface area (Å²) in [6.45, 7) is 17.0. The van der Waals surface area contributed by atoms with Gasteiger partial charge in [-0.05, 0) is 36.1 Å². The Morgan fingerprint density at radius 3 is 2.62 bits per heavy atom. The third kappa shape index (κ3) is 3.69. The number of rotatable bonds is 4. The van der Waals surface area contributed by atoms with Gasteiger partial charge in [-0.25, -0.2) is 5.43 Å². The Bertz CT molecular complexity index is 835. The van der Waals surface area contributed by atoms with E-state index in [9.17, 15) is 4.79 Å². The summed E-state index contributed by atoms with van der Waals surface area (Å²) in [6.07, 6.45) is 0. The fourth-order valence-corrected chi connectivity index (χ4v) is 1.96. The average molecular weight is 324 g/mol. The van der Waals surface area contributed by atoms with Crippen LogP contribution in [0.2, 0.25) is 0 Å². The summed E-state index contributed by atoms with van der Waals surface area (Å²) in [5.41, 5.74) is 5.46. The summed E-state index contributed by atoms with van der Waals surface area (Å²) < 4.78 is 5.19. The van der Waals surface area contributed by atoms with Gasteiger partial charge >= 0.3 is 5.84 Å². The second-order valence-electron chi connectivity index (χ2n) is 6.56. The summed E-state index contributed by atoms with van der Waals surface area (Å²) in [5, 5.41) is 7.71. The van der Waals surface area contributed by atoms with E-state index in [4.69, 9.17) is 11.1 Å². The van der Waals surface area contributed by atoms with Gasteiger partial charge in [-0.15, -0.1) is 0 Å². The maximum absolute atomic E-state index is 12.4. The first kappa shape index (κ1) is 17.4. The number of nitrogens with zero attached hydrogens (tertiary/aromatic N) is 3. The lowest BCUT2D eigenvalue weighted by Gasteiger charge is -2.12. The van der Waals surface area contributed by atoms with Gasteiger partial charge in [0, 0.05) is 11.5 Å². The maximum Gasteiger partial charge on any atom is 0.343 e. The normalized spacial score (nSPS) is 11.9. The number of hydrogen-bond acceptors (Lipinski definition) is 5. The largest absolute Gasteiger partial charge is 0.360 e. The Kier molecular flexibility index (Phi) is 4.84. The molecule has 124 valence electrons. The molecule has 1 aromatic heterocycles. The van der Waals surface area contributed by atoms with Crippen molar-refractivity contribution in [3.63, 3.8) is 0 Å². The smallest absolute Gasteiger partial charge is 0.343 e. The summed E-state index contributed by atoms with van der Waals surface area (Å²) >= 11 is 0. The zero-order chi connectivity index (χ0) is 17.9. The van der Waals surface area contributed by atoms with Gasteiger partial charge in [-0.2, -0.15) is 0 Å². The highest BCUT2D eigenvalue weighted by Crippen LogP contribution is 2.23. The Morgan fingerprint density at radius 1 is 1.33 bits per heavy atom. The number of amidine groups is 1. The Labute approximate surface area is 141 Å². The van der Waals surface area contributed by atoms with Crippen LogP contribution in [0.1, 0.15) is 48.1 Å². The van der Waals surface area contributed by atoms with Gasteiger partial charge in [0.25, 0.3) is 0 Å². The molecule has 0 saturated heterocycles. The number of aromatic nitrogens is 1. The minimum Gasteiger partial charge on any atom is -0.360 e. The van der Waals surface area contributed by atoms with Crippen molar-refractivity contribution >= 4 is 17.3 Å². The molecule has 1 N–H and O–H groups in total. The van der Waals surface area contributed by atoms with Crippen molar-refractivity contribution < 1.29 is 9.32 Å². The topological polar surface area (TPSA) is 71.8 Å². The van der Waals surface area contributed by atoms with E-state index in [-0.39, 0.29) is 16.9 Å². The third-order valence-corrected chi connectivity index (χ3v) is 3.68. The summed E-state index contributed by atoms with van der Waals surface area (Å²) in [7, 11) is 0. The summed E-state index contributed by atoms with van der Waals surface area (Å²) in [6, 6.07) is 7.26. The molecule has 6 nitrogen and oxygen atoms in total. The van der Waals surface area contributed by atoms with Crippen LogP contribution in [0.3, 0.4) is 0 Å². The number of Topliss-reactive ketones (excluding diaryl/α,β-unsaturated/α-hetero) is 1. The molecular formula is C18H20N4O2. The van der Waals surface area contributed by atoms with Crippen molar-refractivity contribution in [2.75, 3.05) is 5.43 Å². The van der Waals surface area contributed by atoms with E-state index >= 15 is 0 Å². The molecule has 1 aromatic carbocycles. The van der Waals surface area contributed by atoms with Crippen LogP contribution in [0.5, 0.6) is 0 Å². The molecule has 0 radical (unpaired) electrons. The first-order valence-electron chi connectivity index (χ1n) is 7.53. The predicted molar refractivity (Wildman–Crippen MR) is 93.1 cm³/mol. The third-order valence-electron chi connectivity index (χ3n) is 3.68. The Balaban J connectivity index is 2.25. The average Bonchev–Trinajstić information content (AvgIpc) is 3.01. The fraction of sp³-hybridized carbons (Fsp3) is 0.333. The van der Waals surface area contributed by atoms with Gasteiger partial charge in [0.05, 0.1) is 5.69 Å². The quantitative estimate of drug-likeness (QED) is 0.302. The van der Waals surface area contributed by atoms with Crippen LogP contribution in [-0.4, -0.2) is 16.8 Å². The standard InChI is InChI=1S/C18H20N4O2/c1-11-8-7-9-13(12(11)2)20-21-17(19-6)16(23)14-10-15(24-22-14)18(3,4)5/h7-10,20H,1-5H3/b21-17-. The highest BCUT2D eigenvalue weighted by molar-refractivity contribution is 6.48. The van der Waals surface area contributed by atoms with Crippen molar-refractivity contribution in [2.45, 2.75) is 40.0 Å². The van der Waals surface area contributed by atoms with Crippen LogP contribution in [0.15, 0.2) is 33.9 Å². The highest BCUT2D eigenvalue weighted by atomic mass is 16.5. The van der Waals surface area contributed by atoms with E-state index in [1.807, 2.05) is 52.8 Å². The van der Waals surface area contributed by atoms with Gasteiger partial charge in [-0.3, -0.25) is 4.79 Å². The molecule has 2 aromatic rings. The molecule has 0 bridgehead atoms. The molecule has 6 heteroatoms. The number of hydrazone groups is 1. The molecule has 0 spiro atoms. The monoisotopic (exact) mass is 324 g/mol. The van der Waals surface area contributed by atoms with E-state index in [2.05, 4.69) is 20.5 Å². The Morgan fingerprint density at radius 2 is 2.04 bits per heavy atom. The second-order valence-corrected chi connectivity index (χ2v) is 6.56. The summed E-state index contributed by atoms with van der Waals surface area (Å²) in [5.74, 6) is -0.274. The first-order chi connectivity index (χ1) is 11.2. The summed E-state index contributed by atoms with van der Waals surface area (Å²) in [4.78, 5) is 15.6. The van der Waals surface area contributed by atoms with Gasteiger partial charge in [-0.1, -0.05) is 44.6 Å². The molecular weight excluding hydrogens is 304 g/mol. The molecule has 0 aliphatic carbocycles. The van der Waals surface area contributed by atoms with Crippen LogP contribution in [0, 0.1) is 20.4 Å². The molecule has 2 rings (SSSR count). The second kappa shape index (κ2) is 6.67. The Hall–Kier alpha value is -2.94. The van der Waals surface area contributed by atoms with Gasteiger partial charge < -0.3 is 9.37 Å². The number of aryl methyl sites for hydroxylation is 1. The first-order valence-corrected chi connectivity index (χ1v) is 7.53. The molecule has 0 amide bonds. The van der Waals surface area contributed by atoms with Crippen molar-refractivity contribution in [3.05, 3.63) is 58.3 Å². The SMILES string of the molecule is [C-]#[N+]/C(=N\Nc1cccc(C)c1C)C(=O)c1cc(C(C)(C)C)on1. The molecule has 1 heterocycles. The number of hydrogen-bond donors (Lipinski definition) is 1. The van der Waals surface area contributed by atoms with Crippen LogP contribution < -0.4 is 5.43 Å².